The Morgan fingerprint density at radius 3 is 2.38 bits per heavy atom. The molecule has 1 atom stereocenters. The average molecular weight is 350 g/mol. The molecule has 0 saturated heterocycles. The highest BCUT2D eigenvalue weighted by Crippen LogP contribution is 2.14. The highest BCUT2D eigenvalue weighted by atomic mass is 16.5. The van der Waals surface area contributed by atoms with Gasteiger partial charge < -0.3 is 10.1 Å². The van der Waals surface area contributed by atoms with Gasteiger partial charge in [-0.05, 0) is 19.1 Å². The van der Waals surface area contributed by atoms with Crippen molar-refractivity contribution in [2.45, 2.75) is 25.9 Å². The largest absolute Gasteiger partial charge is 0.453 e. The van der Waals surface area contributed by atoms with Crippen LogP contribution in [0.1, 0.15) is 35.7 Å². The lowest BCUT2D eigenvalue weighted by Gasteiger charge is -2.14. The predicted molar refractivity (Wildman–Crippen MR) is 95.3 cm³/mol. The van der Waals surface area contributed by atoms with E-state index in [2.05, 4.69) is 5.32 Å². The Kier molecular flexibility index (Phi) is 6.63. The van der Waals surface area contributed by atoms with Crippen LogP contribution in [0.25, 0.3) is 0 Å². The van der Waals surface area contributed by atoms with Gasteiger partial charge in [-0.15, -0.1) is 0 Å². The summed E-state index contributed by atoms with van der Waals surface area (Å²) in [6, 6.07) is 17.1. The number of nitriles is 1. The van der Waals surface area contributed by atoms with Crippen LogP contribution in [0.5, 0.6) is 0 Å². The van der Waals surface area contributed by atoms with Crippen molar-refractivity contribution < 1.29 is 19.1 Å². The quantitative estimate of drug-likeness (QED) is 0.611. The number of nitrogens with zero attached hydrogens (tertiary/aromatic N) is 1. The Labute approximate surface area is 151 Å². The molecule has 6 heteroatoms. The van der Waals surface area contributed by atoms with Crippen LogP contribution in [0.2, 0.25) is 0 Å². The SMILES string of the molecule is C[C@@H](OC(=O)CCC(=O)c1ccccc1)C(=O)Nc1ccccc1C#N. The molecule has 0 spiro atoms. The molecule has 0 radical (unpaired) electrons. The fraction of sp³-hybridized carbons (Fsp3) is 0.200. The molecule has 2 aromatic rings. The van der Waals surface area contributed by atoms with E-state index >= 15 is 0 Å². The molecule has 1 N–H and O–H groups in total. The van der Waals surface area contributed by atoms with E-state index in [9.17, 15) is 14.4 Å². The van der Waals surface area contributed by atoms with Crippen molar-refractivity contribution in [2.24, 2.45) is 0 Å². The Hall–Kier alpha value is -3.46. The van der Waals surface area contributed by atoms with Crippen molar-refractivity contribution in [2.75, 3.05) is 5.32 Å². The Morgan fingerprint density at radius 1 is 1.04 bits per heavy atom. The lowest BCUT2D eigenvalue weighted by molar-refractivity contribution is -0.153. The minimum atomic E-state index is -1.04. The molecule has 0 aromatic heterocycles. The predicted octanol–water partition coefficient (Wildman–Crippen LogP) is 3.09. The number of nitrogens with one attached hydrogen (secondary N) is 1. The number of ether oxygens (including phenoxy) is 1. The minimum Gasteiger partial charge on any atom is -0.453 e. The van der Waals surface area contributed by atoms with Gasteiger partial charge in [0.1, 0.15) is 6.07 Å². The molecule has 2 rings (SSSR count). The van der Waals surface area contributed by atoms with Crippen molar-refractivity contribution in [3.8, 4) is 6.07 Å². The number of hydrogen-bond donors (Lipinski definition) is 1. The van der Waals surface area contributed by atoms with Gasteiger partial charge in [-0.3, -0.25) is 14.4 Å². The highest BCUT2D eigenvalue weighted by Gasteiger charge is 2.19. The number of hydrogen-bond acceptors (Lipinski definition) is 5. The molecular weight excluding hydrogens is 332 g/mol. The van der Waals surface area contributed by atoms with E-state index in [-0.39, 0.29) is 18.6 Å². The zero-order valence-corrected chi connectivity index (χ0v) is 14.3. The summed E-state index contributed by atoms with van der Waals surface area (Å²) in [5.74, 6) is -1.34. The van der Waals surface area contributed by atoms with Gasteiger partial charge in [-0.2, -0.15) is 5.26 Å². The second-order valence-corrected chi connectivity index (χ2v) is 5.57. The van der Waals surface area contributed by atoms with Crippen molar-refractivity contribution in [1.29, 1.82) is 5.26 Å². The number of ketones is 1. The summed E-state index contributed by atoms with van der Waals surface area (Å²) in [5.41, 5.74) is 1.19. The zero-order chi connectivity index (χ0) is 18.9. The number of esters is 1. The van der Waals surface area contributed by atoms with E-state index in [0.717, 1.165) is 0 Å². The lowest BCUT2D eigenvalue weighted by Crippen LogP contribution is -2.30. The summed E-state index contributed by atoms with van der Waals surface area (Å²) >= 11 is 0. The fourth-order valence-electron chi connectivity index (χ4n) is 2.22. The lowest BCUT2D eigenvalue weighted by atomic mass is 10.1. The standard InChI is InChI=1S/C20H18N2O4/c1-14(20(25)22-17-10-6-5-9-16(17)13-21)26-19(24)12-11-18(23)15-7-3-2-4-8-15/h2-10,14H,11-12H2,1H3,(H,22,25)/t14-/m1/s1. The second-order valence-electron chi connectivity index (χ2n) is 5.57. The minimum absolute atomic E-state index is 0.00838. The van der Waals surface area contributed by atoms with E-state index < -0.39 is 18.0 Å². The van der Waals surface area contributed by atoms with Gasteiger partial charge in [0.05, 0.1) is 17.7 Å². The Bertz CT molecular complexity index is 840. The number of Topliss-reactive ketones (excluding diaryl/α,β-unsaturated/α-hetero) is 1. The summed E-state index contributed by atoms with van der Waals surface area (Å²) in [7, 11) is 0. The first-order valence-electron chi connectivity index (χ1n) is 8.09. The number of para-hydroxylation sites is 1. The van der Waals surface area contributed by atoms with Crippen LogP contribution in [-0.4, -0.2) is 23.8 Å². The summed E-state index contributed by atoms with van der Waals surface area (Å²) in [4.78, 5) is 35.9. The number of benzene rings is 2. The van der Waals surface area contributed by atoms with Crippen molar-refractivity contribution in [3.05, 3.63) is 65.7 Å². The number of rotatable bonds is 7. The van der Waals surface area contributed by atoms with Gasteiger partial charge in [0.25, 0.3) is 5.91 Å². The van der Waals surface area contributed by atoms with Gasteiger partial charge in [0.2, 0.25) is 0 Å². The Morgan fingerprint density at radius 2 is 1.69 bits per heavy atom. The van der Waals surface area contributed by atoms with Gasteiger partial charge >= 0.3 is 5.97 Å². The topological polar surface area (TPSA) is 96.3 Å². The van der Waals surface area contributed by atoms with Gasteiger partial charge in [-0.1, -0.05) is 42.5 Å². The van der Waals surface area contributed by atoms with E-state index in [1.54, 1.807) is 54.6 Å². The number of anilines is 1. The second kappa shape index (κ2) is 9.14. The number of carbonyl (C=O) groups excluding carboxylic acids is 3. The first kappa shape index (κ1) is 18.9. The third-order valence-electron chi connectivity index (χ3n) is 3.63. The maximum Gasteiger partial charge on any atom is 0.307 e. The van der Waals surface area contributed by atoms with Crippen molar-refractivity contribution in [1.82, 2.24) is 0 Å². The molecule has 0 heterocycles. The molecule has 0 aliphatic rings. The molecule has 1 amide bonds. The molecule has 0 aliphatic carbocycles. The summed E-state index contributed by atoms with van der Waals surface area (Å²) in [5, 5.41) is 11.6. The molecule has 132 valence electrons. The fourth-order valence-corrected chi connectivity index (χ4v) is 2.22. The van der Waals surface area contributed by atoms with Crippen LogP contribution >= 0.6 is 0 Å². The van der Waals surface area contributed by atoms with E-state index in [1.807, 2.05) is 6.07 Å². The molecule has 0 bridgehead atoms. The van der Waals surface area contributed by atoms with Gasteiger partial charge in [0.15, 0.2) is 11.9 Å². The molecule has 6 nitrogen and oxygen atoms in total. The third kappa shape index (κ3) is 5.28. The van der Waals surface area contributed by atoms with E-state index in [4.69, 9.17) is 10.00 Å². The maximum atomic E-state index is 12.1. The van der Waals surface area contributed by atoms with Crippen LogP contribution in [0.4, 0.5) is 5.69 Å². The normalized spacial score (nSPS) is 11.1. The molecule has 26 heavy (non-hydrogen) atoms. The monoisotopic (exact) mass is 350 g/mol. The molecule has 0 saturated carbocycles. The summed E-state index contributed by atoms with van der Waals surface area (Å²) in [6.45, 7) is 1.43. The molecule has 0 fully saturated rings. The van der Waals surface area contributed by atoms with Crippen LogP contribution < -0.4 is 5.32 Å². The summed E-state index contributed by atoms with van der Waals surface area (Å²) < 4.78 is 5.06. The van der Waals surface area contributed by atoms with Crippen molar-refractivity contribution in [3.63, 3.8) is 0 Å². The number of carbonyl (C=O) groups is 3. The van der Waals surface area contributed by atoms with Gasteiger partial charge in [0, 0.05) is 12.0 Å². The molecule has 0 aliphatic heterocycles. The van der Waals surface area contributed by atoms with Crippen LogP contribution in [0.3, 0.4) is 0 Å². The van der Waals surface area contributed by atoms with Gasteiger partial charge in [-0.25, -0.2) is 0 Å². The Balaban J connectivity index is 1.83. The molecule has 2 aromatic carbocycles. The van der Waals surface area contributed by atoms with Crippen molar-refractivity contribution >= 4 is 23.3 Å². The third-order valence-corrected chi connectivity index (χ3v) is 3.63. The molecular formula is C20H18N2O4. The first-order valence-corrected chi connectivity index (χ1v) is 8.09. The smallest absolute Gasteiger partial charge is 0.307 e. The highest BCUT2D eigenvalue weighted by molar-refractivity contribution is 5.98. The van der Waals surface area contributed by atoms with Crippen LogP contribution in [-0.2, 0) is 14.3 Å². The molecule has 0 unspecified atom stereocenters. The zero-order valence-electron chi connectivity index (χ0n) is 14.3. The van der Waals surface area contributed by atoms with E-state index in [0.29, 0.717) is 16.8 Å². The summed E-state index contributed by atoms with van der Waals surface area (Å²) in [6.07, 6.45) is -1.14. The van der Waals surface area contributed by atoms with Crippen LogP contribution in [0.15, 0.2) is 54.6 Å². The van der Waals surface area contributed by atoms with Crippen LogP contribution in [0, 0.1) is 11.3 Å². The maximum absolute atomic E-state index is 12.1. The first-order chi connectivity index (χ1) is 12.5. The average Bonchev–Trinajstić information content (AvgIpc) is 2.67. The van der Waals surface area contributed by atoms with E-state index in [1.165, 1.54) is 6.92 Å². The number of amides is 1.